The summed E-state index contributed by atoms with van der Waals surface area (Å²) in [7, 11) is 1.62. The van der Waals surface area contributed by atoms with Crippen molar-refractivity contribution >= 4 is 29.0 Å². The van der Waals surface area contributed by atoms with Gasteiger partial charge in [0.25, 0.3) is 0 Å². The van der Waals surface area contributed by atoms with Gasteiger partial charge in [0, 0.05) is 16.3 Å². The number of anilines is 2. The predicted octanol–water partition coefficient (Wildman–Crippen LogP) is 3.01. The molecular weight excluding hydrogens is 272 g/mol. The van der Waals surface area contributed by atoms with Crippen LogP contribution in [0.15, 0.2) is 53.4 Å². The molecule has 0 atom stereocenters. The first kappa shape index (κ1) is 14.3. The average Bonchev–Trinajstić information content (AvgIpc) is 2.45. The molecule has 0 aliphatic carbocycles. The van der Waals surface area contributed by atoms with Gasteiger partial charge in [0.1, 0.15) is 5.75 Å². The number of methoxy groups -OCH3 is 1. The molecular formula is C15H16N2O2S. The van der Waals surface area contributed by atoms with Crippen LogP contribution >= 0.6 is 11.8 Å². The highest BCUT2D eigenvalue weighted by Crippen LogP contribution is 2.23. The molecule has 0 saturated carbocycles. The summed E-state index contributed by atoms with van der Waals surface area (Å²) >= 11 is 1.46. The number of carbonyl (C=O) groups is 1. The molecule has 2 aromatic carbocycles. The Morgan fingerprint density at radius 3 is 2.80 bits per heavy atom. The van der Waals surface area contributed by atoms with E-state index in [9.17, 15) is 4.79 Å². The van der Waals surface area contributed by atoms with E-state index in [0.29, 0.717) is 17.1 Å². The molecule has 0 aromatic heterocycles. The monoisotopic (exact) mass is 288 g/mol. The molecule has 4 nitrogen and oxygen atoms in total. The molecule has 3 N–H and O–H groups in total. The number of carbonyl (C=O) groups excluding carboxylic acids is 1. The second kappa shape index (κ2) is 6.86. The van der Waals surface area contributed by atoms with Gasteiger partial charge in [-0.1, -0.05) is 12.1 Å². The minimum Gasteiger partial charge on any atom is -0.497 e. The van der Waals surface area contributed by atoms with Crippen LogP contribution in [0.1, 0.15) is 0 Å². The number of benzene rings is 2. The smallest absolute Gasteiger partial charge is 0.234 e. The number of hydrogen-bond donors (Lipinski definition) is 2. The van der Waals surface area contributed by atoms with Crippen LogP contribution < -0.4 is 15.8 Å². The van der Waals surface area contributed by atoms with Gasteiger partial charge in [-0.25, -0.2) is 0 Å². The number of thioether (sulfide) groups is 1. The van der Waals surface area contributed by atoms with Gasteiger partial charge in [0.05, 0.1) is 12.9 Å². The summed E-state index contributed by atoms with van der Waals surface area (Å²) < 4.78 is 5.14. The predicted molar refractivity (Wildman–Crippen MR) is 83.2 cm³/mol. The largest absolute Gasteiger partial charge is 0.497 e. The van der Waals surface area contributed by atoms with Crippen LogP contribution in [0, 0.1) is 0 Å². The van der Waals surface area contributed by atoms with Gasteiger partial charge in [-0.2, -0.15) is 0 Å². The fourth-order valence-corrected chi connectivity index (χ4v) is 2.40. The minimum absolute atomic E-state index is 0.0663. The van der Waals surface area contributed by atoms with Crippen molar-refractivity contribution in [3.63, 3.8) is 0 Å². The number of nitrogens with one attached hydrogen (secondary N) is 1. The lowest BCUT2D eigenvalue weighted by atomic mass is 10.3. The molecule has 0 aliphatic rings. The first-order valence-electron chi connectivity index (χ1n) is 6.09. The van der Waals surface area contributed by atoms with E-state index in [1.165, 1.54) is 11.8 Å². The van der Waals surface area contributed by atoms with Crippen LogP contribution in [0.4, 0.5) is 11.4 Å². The molecule has 0 heterocycles. The first-order chi connectivity index (χ1) is 9.67. The van der Waals surface area contributed by atoms with Crippen molar-refractivity contribution in [2.75, 3.05) is 23.9 Å². The lowest BCUT2D eigenvalue weighted by Gasteiger charge is -2.06. The summed E-state index contributed by atoms with van der Waals surface area (Å²) in [5.41, 5.74) is 7.00. The Labute approximate surface area is 122 Å². The van der Waals surface area contributed by atoms with E-state index >= 15 is 0 Å². The van der Waals surface area contributed by atoms with E-state index in [-0.39, 0.29) is 5.91 Å². The number of amides is 1. The highest BCUT2D eigenvalue weighted by molar-refractivity contribution is 8.00. The van der Waals surface area contributed by atoms with Crippen LogP contribution in [0.3, 0.4) is 0 Å². The number of nitrogens with two attached hydrogens (primary N) is 1. The van der Waals surface area contributed by atoms with Gasteiger partial charge in [0.2, 0.25) is 5.91 Å². The maximum atomic E-state index is 11.8. The highest BCUT2D eigenvalue weighted by Gasteiger charge is 2.04. The van der Waals surface area contributed by atoms with Gasteiger partial charge in [-0.05, 0) is 36.4 Å². The van der Waals surface area contributed by atoms with Gasteiger partial charge >= 0.3 is 0 Å². The van der Waals surface area contributed by atoms with Crippen LogP contribution in [0.5, 0.6) is 5.75 Å². The zero-order valence-electron chi connectivity index (χ0n) is 11.1. The molecule has 0 spiro atoms. The zero-order valence-corrected chi connectivity index (χ0v) is 11.9. The molecule has 104 valence electrons. The molecule has 0 saturated heterocycles. The fraction of sp³-hybridized carbons (Fsp3) is 0.133. The Morgan fingerprint density at radius 1 is 1.25 bits per heavy atom. The van der Waals surface area contributed by atoms with E-state index in [1.54, 1.807) is 25.3 Å². The van der Waals surface area contributed by atoms with Gasteiger partial charge in [0.15, 0.2) is 0 Å². The standard InChI is InChI=1S/C15H16N2O2S/c1-19-13-6-3-7-14(9-13)20-10-15(18)17-12-5-2-4-11(16)8-12/h2-9H,10,16H2,1H3,(H,17,18). The SMILES string of the molecule is COc1cccc(SCC(=O)Nc2cccc(N)c2)c1. The molecule has 5 heteroatoms. The van der Waals surface area contributed by atoms with Gasteiger partial charge in [-0.15, -0.1) is 11.8 Å². The number of rotatable bonds is 5. The Kier molecular flexibility index (Phi) is 4.90. The minimum atomic E-state index is -0.0663. The van der Waals surface area contributed by atoms with Crippen molar-refractivity contribution in [2.45, 2.75) is 4.90 Å². The average molecular weight is 288 g/mol. The number of hydrogen-bond acceptors (Lipinski definition) is 4. The van der Waals surface area contributed by atoms with Crippen LogP contribution in [-0.2, 0) is 4.79 Å². The summed E-state index contributed by atoms with van der Waals surface area (Å²) in [6.07, 6.45) is 0. The van der Waals surface area contributed by atoms with Gasteiger partial charge < -0.3 is 15.8 Å². The molecule has 2 aromatic rings. The molecule has 20 heavy (non-hydrogen) atoms. The maximum Gasteiger partial charge on any atom is 0.234 e. The van der Waals surface area contributed by atoms with E-state index < -0.39 is 0 Å². The van der Waals surface area contributed by atoms with E-state index in [2.05, 4.69) is 5.32 Å². The lowest BCUT2D eigenvalue weighted by molar-refractivity contribution is -0.113. The third-order valence-corrected chi connectivity index (χ3v) is 3.58. The third-order valence-electron chi connectivity index (χ3n) is 2.58. The quantitative estimate of drug-likeness (QED) is 0.655. The summed E-state index contributed by atoms with van der Waals surface area (Å²) in [5.74, 6) is 1.05. The van der Waals surface area contributed by atoms with Gasteiger partial charge in [-0.3, -0.25) is 4.79 Å². The molecule has 1 amide bonds. The highest BCUT2D eigenvalue weighted by atomic mass is 32.2. The number of nitrogen functional groups attached to an aromatic ring is 1. The number of ether oxygens (including phenoxy) is 1. The fourth-order valence-electron chi connectivity index (χ4n) is 1.65. The second-order valence-corrected chi connectivity index (χ2v) is 5.19. The topological polar surface area (TPSA) is 64.3 Å². The zero-order chi connectivity index (χ0) is 14.4. The summed E-state index contributed by atoms with van der Waals surface area (Å²) in [5, 5.41) is 2.81. The molecule has 0 fully saturated rings. The molecule has 2 rings (SSSR count). The Balaban J connectivity index is 1.88. The maximum absolute atomic E-state index is 11.8. The van der Waals surface area contributed by atoms with E-state index in [1.807, 2.05) is 30.3 Å². The third kappa shape index (κ3) is 4.20. The van der Waals surface area contributed by atoms with Crippen molar-refractivity contribution in [3.8, 4) is 5.75 Å². The van der Waals surface area contributed by atoms with E-state index in [0.717, 1.165) is 10.6 Å². The van der Waals surface area contributed by atoms with Crippen LogP contribution in [-0.4, -0.2) is 18.8 Å². The Hall–Kier alpha value is -2.14. The normalized spacial score (nSPS) is 10.1. The Morgan fingerprint density at radius 2 is 2.05 bits per heavy atom. The lowest BCUT2D eigenvalue weighted by Crippen LogP contribution is -2.14. The molecule has 0 unspecified atom stereocenters. The first-order valence-corrected chi connectivity index (χ1v) is 7.08. The summed E-state index contributed by atoms with van der Waals surface area (Å²) in [4.78, 5) is 12.8. The molecule has 0 aliphatic heterocycles. The Bertz CT molecular complexity index is 602. The van der Waals surface area contributed by atoms with E-state index in [4.69, 9.17) is 10.5 Å². The van der Waals surface area contributed by atoms with Crippen LogP contribution in [0.2, 0.25) is 0 Å². The van der Waals surface area contributed by atoms with Crippen molar-refractivity contribution in [1.29, 1.82) is 0 Å². The second-order valence-electron chi connectivity index (χ2n) is 4.14. The molecule has 0 radical (unpaired) electrons. The molecule has 0 bridgehead atoms. The van der Waals surface area contributed by atoms with Crippen molar-refractivity contribution in [3.05, 3.63) is 48.5 Å². The summed E-state index contributed by atoms with van der Waals surface area (Å²) in [6, 6.07) is 14.7. The van der Waals surface area contributed by atoms with Crippen molar-refractivity contribution in [2.24, 2.45) is 0 Å². The van der Waals surface area contributed by atoms with Crippen molar-refractivity contribution in [1.82, 2.24) is 0 Å². The van der Waals surface area contributed by atoms with Crippen LogP contribution in [0.25, 0.3) is 0 Å². The summed E-state index contributed by atoms with van der Waals surface area (Å²) in [6.45, 7) is 0. The van der Waals surface area contributed by atoms with Crippen molar-refractivity contribution < 1.29 is 9.53 Å².